The Morgan fingerprint density at radius 1 is 1.08 bits per heavy atom. The van der Waals surface area contributed by atoms with Gasteiger partial charge in [-0.1, -0.05) is 19.9 Å². The molecule has 0 fully saturated rings. The lowest BCUT2D eigenvalue weighted by atomic mass is 10.0. The Hall–Kier alpha value is -2.76. The van der Waals surface area contributed by atoms with Gasteiger partial charge in [0.15, 0.2) is 5.65 Å². The van der Waals surface area contributed by atoms with Crippen LogP contribution in [-0.2, 0) is 0 Å². The van der Waals surface area contributed by atoms with E-state index in [9.17, 15) is 4.79 Å². The van der Waals surface area contributed by atoms with Crippen LogP contribution in [0.1, 0.15) is 62.5 Å². The third-order valence-electron chi connectivity index (χ3n) is 4.21. The molecule has 6 nitrogen and oxygen atoms in total. The summed E-state index contributed by atoms with van der Waals surface area (Å²) >= 11 is 0. The standard InChI is InChI=1S/C20H25N5O/c1-13(2)12-17(24-20(26)16-8-5-6-10-21-16)19-23-15-9-7-11-22-18(15)25(19)14(3)4/h5-11,13-14,17H,12H2,1-4H3,(H,24,26)/t17-/m1/s1. The normalized spacial score (nSPS) is 12.7. The highest BCUT2D eigenvalue weighted by Gasteiger charge is 2.25. The van der Waals surface area contributed by atoms with Crippen LogP contribution in [0.5, 0.6) is 0 Å². The van der Waals surface area contributed by atoms with Crippen LogP contribution in [0.4, 0.5) is 0 Å². The number of nitrogens with one attached hydrogen (secondary N) is 1. The maximum Gasteiger partial charge on any atom is 0.270 e. The first-order valence-electron chi connectivity index (χ1n) is 9.02. The number of rotatable bonds is 6. The zero-order valence-corrected chi connectivity index (χ0v) is 15.7. The molecule has 26 heavy (non-hydrogen) atoms. The molecule has 0 radical (unpaired) electrons. The fraction of sp³-hybridized carbons (Fsp3) is 0.400. The summed E-state index contributed by atoms with van der Waals surface area (Å²) in [5.41, 5.74) is 2.10. The second-order valence-corrected chi connectivity index (χ2v) is 7.15. The van der Waals surface area contributed by atoms with Crippen molar-refractivity contribution in [3.8, 4) is 0 Å². The Labute approximate surface area is 153 Å². The molecule has 3 aromatic rings. The quantitative estimate of drug-likeness (QED) is 0.730. The van der Waals surface area contributed by atoms with Gasteiger partial charge in [0.05, 0.1) is 6.04 Å². The minimum Gasteiger partial charge on any atom is -0.341 e. The summed E-state index contributed by atoms with van der Waals surface area (Å²) in [6, 6.07) is 9.14. The Morgan fingerprint density at radius 3 is 2.50 bits per heavy atom. The molecule has 0 aliphatic heterocycles. The Kier molecular flexibility index (Phi) is 5.30. The molecule has 3 heterocycles. The fourth-order valence-electron chi connectivity index (χ4n) is 3.13. The van der Waals surface area contributed by atoms with Crippen molar-refractivity contribution >= 4 is 17.1 Å². The van der Waals surface area contributed by atoms with E-state index in [2.05, 4.69) is 47.5 Å². The first kappa shape index (κ1) is 18.0. The molecule has 3 aromatic heterocycles. The summed E-state index contributed by atoms with van der Waals surface area (Å²) in [7, 11) is 0. The van der Waals surface area contributed by atoms with E-state index in [1.165, 1.54) is 0 Å². The van der Waals surface area contributed by atoms with Gasteiger partial charge in [0, 0.05) is 18.4 Å². The zero-order valence-electron chi connectivity index (χ0n) is 15.7. The average molecular weight is 351 g/mol. The first-order chi connectivity index (χ1) is 12.5. The van der Waals surface area contributed by atoms with Gasteiger partial charge in [0.2, 0.25) is 0 Å². The number of hydrogen-bond donors (Lipinski definition) is 1. The molecular weight excluding hydrogens is 326 g/mol. The summed E-state index contributed by atoms with van der Waals surface area (Å²) in [5.74, 6) is 1.05. The van der Waals surface area contributed by atoms with E-state index in [0.717, 1.165) is 23.4 Å². The molecule has 0 saturated heterocycles. The molecule has 1 N–H and O–H groups in total. The molecule has 3 rings (SSSR count). The van der Waals surface area contributed by atoms with Gasteiger partial charge in [-0.15, -0.1) is 0 Å². The second-order valence-electron chi connectivity index (χ2n) is 7.15. The van der Waals surface area contributed by atoms with E-state index in [1.807, 2.05) is 18.2 Å². The van der Waals surface area contributed by atoms with Crippen LogP contribution in [0.25, 0.3) is 11.2 Å². The highest BCUT2D eigenvalue weighted by atomic mass is 16.1. The van der Waals surface area contributed by atoms with E-state index in [0.29, 0.717) is 11.6 Å². The van der Waals surface area contributed by atoms with E-state index in [4.69, 9.17) is 4.98 Å². The van der Waals surface area contributed by atoms with Crippen molar-refractivity contribution in [2.24, 2.45) is 5.92 Å². The molecule has 136 valence electrons. The highest BCUT2D eigenvalue weighted by Crippen LogP contribution is 2.27. The number of amides is 1. The monoisotopic (exact) mass is 351 g/mol. The smallest absolute Gasteiger partial charge is 0.270 e. The molecule has 6 heteroatoms. The molecular formula is C20H25N5O. The number of nitrogens with zero attached hydrogens (tertiary/aromatic N) is 4. The number of fused-ring (bicyclic) bond motifs is 1. The molecule has 0 spiro atoms. The molecule has 1 atom stereocenters. The topological polar surface area (TPSA) is 72.7 Å². The van der Waals surface area contributed by atoms with Crippen LogP contribution in [0.2, 0.25) is 0 Å². The van der Waals surface area contributed by atoms with Crippen LogP contribution < -0.4 is 5.32 Å². The molecule has 0 aliphatic rings. The van der Waals surface area contributed by atoms with Gasteiger partial charge >= 0.3 is 0 Å². The maximum absolute atomic E-state index is 12.7. The van der Waals surface area contributed by atoms with Gasteiger partial charge in [-0.25, -0.2) is 9.97 Å². The van der Waals surface area contributed by atoms with E-state index >= 15 is 0 Å². The number of carbonyl (C=O) groups is 1. The number of carbonyl (C=O) groups excluding carboxylic acids is 1. The van der Waals surface area contributed by atoms with Crippen molar-refractivity contribution in [3.05, 3.63) is 54.2 Å². The Bertz CT molecular complexity index is 886. The van der Waals surface area contributed by atoms with Crippen molar-refractivity contribution in [2.45, 2.75) is 46.2 Å². The third kappa shape index (κ3) is 3.74. The van der Waals surface area contributed by atoms with Crippen LogP contribution in [0.15, 0.2) is 42.7 Å². The van der Waals surface area contributed by atoms with Crippen molar-refractivity contribution in [1.29, 1.82) is 0 Å². The molecule has 0 bridgehead atoms. The molecule has 0 aliphatic carbocycles. The summed E-state index contributed by atoms with van der Waals surface area (Å²) in [6.45, 7) is 8.49. The lowest BCUT2D eigenvalue weighted by Crippen LogP contribution is -2.32. The minimum atomic E-state index is -0.207. The van der Waals surface area contributed by atoms with Crippen LogP contribution in [0.3, 0.4) is 0 Å². The Balaban J connectivity index is 2.01. The lowest BCUT2D eigenvalue weighted by Gasteiger charge is -2.23. The summed E-state index contributed by atoms with van der Waals surface area (Å²) < 4.78 is 2.11. The molecule has 1 amide bonds. The number of imidazole rings is 1. The minimum absolute atomic E-state index is 0.186. The van der Waals surface area contributed by atoms with Crippen molar-refractivity contribution in [3.63, 3.8) is 0 Å². The van der Waals surface area contributed by atoms with E-state index in [-0.39, 0.29) is 18.0 Å². The van der Waals surface area contributed by atoms with Crippen LogP contribution in [-0.4, -0.2) is 25.4 Å². The van der Waals surface area contributed by atoms with Gasteiger partial charge in [-0.05, 0) is 50.5 Å². The first-order valence-corrected chi connectivity index (χ1v) is 9.02. The van der Waals surface area contributed by atoms with Crippen LogP contribution in [0, 0.1) is 5.92 Å². The molecule has 0 saturated carbocycles. The van der Waals surface area contributed by atoms with Crippen molar-refractivity contribution < 1.29 is 4.79 Å². The summed E-state index contributed by atoms with van der Waals surface area (Å²) in [4.78, 5) is 26.1. The fourth-order valence-corrected chi connectivity index (χ4v) is 3.13. The van der Waals surface area contributed by atoms with Crippen molar-refractivity contribution in [1.82, 2.24) is 24.8 Å². The summed E-state index contributed by atoms with van der Waals surface area (Å²) in [5, 5.41) is 3.12. The molecule has 0 unspecified atom stereocenters. The van der Waals surface area contributed by atoms with Crippen molar-refractivity contribution in [2.75, 3.05) is 0 Å². The van der Waals surface area contributed by atoms with Crippen LogP contribution >= 0.6 is 0 Å². The van der Waals surface area contributed by atoms with E-state index in [1.54, 1.807) is 24.5 Å². The number of pyridine rings is 2. The highest BCUT2D eigenvalue weighted by molar-refractivity contribution is 5.92. The third-order valence-corrected chi connectivity index (χ3v) is 4.21. The zero-order chi connectivity index (χ0) is 18.7. The SMILES string of the molecule is CC(C)C[C@@H](NC(=O)c1ccccn1)c1nc2cccnc2n1C(C)C. The van der Waals surface area contributed by atoms with E-state index < -0.39 is 0 Å². The van der Waals surface area contributed by atoms with Gasteiger partial charge in [-0.3, -0.25) is 9.78 Å². The largest absolute Gasteiger partial charge is 0.341 e. The number of hydrogen-bond acceptors (Lipinski definition) is 4. The maximum atomic E-state index is 12.7. The predicted molar refractivity (Wildman–Crippen MR) is 102 cm³/mol. The second kappa shape index (κ2) is 7.64. The average Bonchev–Trinajstić information content (AvgIpc) is 3.01. The lowest BCUT2D eigenvalue weighted by molar-refractivity contribution is 0.0923. The predicted octanol–water partition coefficient (Wildman–Crippen LogP) is 3.92. The molecule has 0 aromatic carbocycles. The Morgan fingerprint density at radius 2 is 1.85 bits per heavy atom. The van der Waals surface area contributed by atoms with Gasteiger partial charge in [-0.2, -0.15) is 0 Å². The van der Waals surface area contributed by atoms with Gasteiger partial charge in [0.25, 0.3) is 5.91 Å². The van der Waals surface area contributed by atoms with Gasteiger partial charge in [0.1, 0.15) is 17.0 Å². The van der Waals surface area contributed by atoms with Gasteiger partial charge < -0.3 is 9.88 Å². The number of aromatic nitrogens is 4. The summed E-state index contributed by atoms with van der Waals surface area (Å²) in [6.07, 6.45) is 4.19.